The maximum absolute atomic E-state index is 5.63. The van der Waals surface area contributed by atoms with E-state index < -0.39 is 0 Å². The molecule has 2 N–H and O–H groups in total. The number of nitrogens with one attached hydrogen (secondary N) is 2. The van der Waals surface area contributed by atoms with Crippen LogP contribution in [0.2, 0.25) is 0 Å². The number of nitrogens with zero attached hydrogens (tertiary/aromatic N) is 2. The minimum atomic E-state index is 0. The zero-order valence-corrected chi connectivity index (χ0v) is 17.7. The minimum absolute atomic E-state index is 0. The number of ether oxygens (including phenoxy) is 1. The molecule has 23 heavy (non-hydrogen) atoms. The molecule has 1 saturated heterocycles. The van der Waals surface area contributed by atoms with E-state index in [2.05, 4.69) is 53.7 Å². The van der Waals surface area contributed by atoms with Crippen LogP contribution in [0.15, 0.2) is 10.4 Å². The Morgan fingerprint density at radius 1 is 1.43 bits per heavy atom. The number of rotatable bonds is 5. The van der Waals surface area contributed by atoms with E-state index in [9.17, 15) is 0 Å². The molecule has 0 aliphatic carbocycles. The Hall–Kier alpha value is -0.410. The van der Waals surface area contributed by atoms with Crippen LogP contribution in [0.3, 0.4) is 0 Å². The van der Waals surface area contributed by atoms with Crippen LogP contribution < -0.4 is 10.6 Å². The SMILES string of the molecule is CCNC(=NCc1csc(C(C)(C)C)n1)NCC1CCCO1.I. The summed E-state index contributed by atoms with van der Waals surface area (Å²) in [7, 11) is 0. The number of thiazole rings is 1. The van der Waals surface area contributed by atoms with Crippen molar-refractivity contribution >= 4 is 41.3 Å². The average Bonchev–Trinajstić information content (AvgIpc) is 3.12. The van der Waals surface area contributed by atoms with Crippen LogP contribution in [-0.2, 0) is 16.7 Å². The third-order valence-corrected chi connectivity index (χ3v) is 4.77. The molecule has 0 amide bonds. The molecule has 2 heterocycles. The highest BCUT2D eigenvalue weighted by atomic mass is 127. The number of guanidine groups is 1. The third kappa shape index (κ3) is 6.93. The quantitative estimate of drug-likeness (QED) is 0.409. The van der Waals surface area contributed by atoms with E-state index >= 15 is 0 Å². The molecule has 7 heteroatoms. The fourth-order valence-electron chi connectivity index (χ4n) is 2.24. The number of aromatic nitrogens is 1. The predicted octanol–water partition coefficient (Wildman–Crippen LogP) is 3.29. The largest absolute Gasteiger partial charge is 0.376 e. The normalized spacial score (nSPS) is 18.6. The lowest BCUT2D eigenvalue weighted by Gasteiger charge is -2.14. The smallest absolute Gasteiger partial charge is 0.191 e. The van der Waals surface area contributed by atoms with Crippen molar-refractivity contribution in [2.45, 2.75) is 58.6 Å². The van der Waals surface area contributed by atoms with E-state index in [4.69, 9.17) is 4.74 Å². The molecule has 1 atom stereocenters. The number of aliphatic imine (C=N–C) groups is 1. The van der Waals surface area contributed by atoms with Crippen molar-refractivity contribution in [2.24, 2.45) is 4.99 Å². The molecule has 2 rings (SSSR count). The Bertz CT molecular complexity index is 493. The number of halogens is 1. The maximum Gasteiger partial charge on any atom is 0.191 e. The molecule has 1 unspecified atom stereocenters. The van der Waals surface area contributed by atoms with Crippen LogP contribution in [0.4, 0.5) is 0 Å². The predicted molar refractivity (Wildman–Crippen MR) is 108 cm³/mol. The van der Waals surface area contributed by atoms with Crippen molar-refractivity contribution < 1.29 is 4.74 Å². The summed E-state index contributed by atoms with van der Waals surface area (Å²) in [6.07, 6.45) is 2.61. The lowest BCUT2D eigenvalue weighted by molar-refractivity contribution is 0.114. The van der Waals surface area contributed by atoms with Crippen molar-refractivity contribution in [1.29, 1.82) is 0 Å². The third-order valence-electron chi connectivity index (χ3n) is 3.46. The van der Waals surface area contributed by atoms with E-state index in [1.807, 2.05) is 0 Å². The van der Waals surface area contributed by atoms with Gasteiger partial charge >= 0.3 is 0 Å². The highest BCUT2D eigenvalue weighted by Gasteiger charge is 2.18. The summed E-state index contributed by atoms with van der Waals surface area (Å²) in [6.45, 7) is 11.8. The zero-order chi connectivity index (χ0) is 16.0. The highest BCUT2D eigenvalue weighted by Crippen LogP contribution is 2.25. The molecule has 0 aromatic carbocycles. The fourth-order valence-corrected chi connectivity index (χ4v) is 3.14. The van der Waals surface area contributed by atoms with Gasteiger partial charge in [-0.1, -0.05) is 20.8 Å². The fraction of sp³-hybridized carbons (Fsp3) is 0.750. The van der Waals surface area contributed by atoms with Crippen molar-refractivity contribution in [2.75, 3.05) is 19.7 Å². The van der Waals surface area contributed by atoms with Crippen LogP contribution in [0.5, 0.6) is 0 Å². The van der Waals surface area contributed by atoms with Gasteiger partial charge < -0.3 is 15.4 Å². The average molecular weight is 452 g/mol. The Balaban J connectivity index is 0.00000264. The van der Waals surface area contributed by atoms with Gasteiger partial charge in [-0.15, -0.1) is 35.3 Å². The van der Waals surface area contributed by atoms with Crippen LogP contribution in [0.1, 0.15) is 51.2 Å². The standard InChI is InChI=1S/C16H28N4OS.HI/c1-5-17-15(19-10-13-7-6-8-21-13)18-9-12-11-22-14(20-12)16(2,3)4;/h11,13H,5-10H2,1-4H3,(H2,17,18,19);1H. The Morgan fingerprint density at radius 2 is 2.22 bits per heavy atom. The first-order chi connectivity index (χ1) is 10.5. The van der Waals surface area contributed by atoms with Gasteiger partial charge in [0.15, 0.2) is 5.96 Å². The molecule has 0 bridgehead atoms. The van der Waals surface area contributed by atoms with Gasteiger partial charge in [0, 0.05) is 30.5 Å². The summed E-state index contributed by atoms with van der Waals surface area (Å²) in [5, 5.41) is 9.90. The molecule has 1 aliphatic heterocycles. The highest BCUT2D eigenvalue weighted by molar-refractivity contribution is 14.0. The molecule has 0 radical (unpaired) electrons. The van der Waals surface area contributed by atoms with Crippen LogP contribution in [0.25, 0.3) is 0 Å². The van der Waals surface area contributed by atoms with Gasteiger partial charge in [0.1, 0.15) is 0 Å². The second kappa shape index (κ2) is 9.78. The van der Waals surface area contributed by atoms with Gasteiger partial charge in [-0.3, -0.25) is 0 Å². The molecule has 1 fully saturated rings. The molecule has 5 nitrogen and oxygen atoms in total. The number of hydrogen-bond donors (Lipinski definition) is 2. The van der Waals surface area contributed by atoms with Gasteiger partial charge in [0.25, 0.3) is 0 Å². The Morgan fingerprint density at radius 3 is 2.78 bits per heavy atom. The van der Waals surface area contributed by atoms with E-state index in [0.717, 1.165) is 49.2 Å². The first kappa shape index (κ1) is 20.6. The van der Waals surface area contributed by atoms with Gasteiger partial charge in [-0.2, -0.15) is 0 Å². The first-order valence-corrected chi connectivity index (χ1v) is 8.95. The summed E-state index contributed by atoms with van der Waals surface area (Å²) in [5.41, 5.74) is 1.14. The lowest BCUT2D eigenvalue weighted by atomic mass is 9.98. The van der Waals surface area contributed by atoms with Crippen LogP contribution in [-0.4, -0.2) is 36.7 Å². The number of hydrogen-bond acceptors (Lipinski definition) is 4. The van der Waals surface area contributed by atoms with Gasteiger partial charge in [-0.05, 0) is 19.8 Å². The molecule has 132 valence electrons. The van der Waals surface area contributed by atoms with Gasteiger partial charge in [0.05, 0.1) is 23.4 Å². The van der Waals surface area contributed by atoms with Crippen LogP contribution >= 0.6 is 35.3 Å². The van der Waals surface area contributed by atoms with Crippen LogP contribution in [0, 0.1) is 0 Å². The van der Waals surface area contributed by atoms with Crippen molar-refractivity contribution in [3.63, 3.8) is 0 Å². The Labute approximate surface area is 160 Å². The maximum atomic E-state index is 5.63. The summed E-state index contributed by atoms with van der Waals surface area (Å²) < 4.78 is 5.63. The lowest BCUT2D eigenvalue weighted by Crippen LogP contribution is -2.41. The minimum Gasteiger partial charge on any atom is -0.376 e. The topological polar surface area (TPSA) is 58.5 Å². The van der Waals surface area contributed by atoms with Crippen molar-refractivity contribution in [3.8, 4) is 0 Å². The van der Waals surface area contributed by atoms with Gasteiger partial charge in [0.2, 0.25) is 0 Å². The summed E-state index contributed by atoms with van der Waals surface area (Å²) >= 11 is 1.71. The molecule has 0 spiro atoms. The molecule has 1 aromatic rings. The molecular formula is C16H29IN4OS. The molecular weight excluding hydrogens is 423 g/mol. The van der Waals surface area contributed by atoms with E-state index in [0.29, 0.717) is 12.6 Å². The van der Waals surface area contributed by atoms with Crippen molar-refractivity contribution in [1.82, 2.24) is 15.6 Å². The molecule has 1 aliphatic rings. The zero-order valence-electron chi connectivity index (χ0n) is 14.5. The molecule has 0 saturated carbocycles. The van der Waals surface area contributed by atoms with E-state index in [1.165, 1.54) is 0 Å². The Kier molecular flexibility index (Phi) is 8.78. The summed E-state index contributed by atoms with van der Waals surface area (Å²) in [5.74, 6) is 0.836. The van der Waals surface area contributed by atoms with Crippen molar-refractivity contribution in [3.05, 3.63) is 16.1 Å². The summed E-state index contributed by atoms with van der Waals surface area (Å²) in [6, 6.07) is 0. The first-order valence-electron chi connectivity index (χ1n) is 8.07. The van der Waals surface area contributed by atoms with E-state index in [1.54, 1.807) is 11.3 Å². The second-order valence-corrected chi connectivity index (χ2v) is 7.46. The van der Waals surface area contributed by atoms with E-state index in [-0.39, 0.29) is 29.4 Å². The second-order valence-electron chi connectivity index (χ2n) is 6.61. The van der Waals surface area contributed by atoms with Gasteiger partial charge in [-0.25, -0.2) is 9.98 Å². The molecule has 1 aromatic heterocycles. The monoisotopic (exact) mass is 452 g/mol. The summed E-state index contributed by atoms with van der Waals surface area (Å²) in [4.78, 5) is 9.31.